The Labute approximate surface area is 120 Å². The summed E-state index contributed by atoms with van der Waals surface area (Å²) in [6, 6.07) is 18.2. The quantitative estimate of drug-likeness (QED) is 0.861. The number of hydrogen-bond acceptors (Lipinski definition) is 3. The van der Waals surface area contributed by atoms with Gasteiger partial charge in [0.1, 0.15) is 0 Å². The van der Waals surface area contributed by atoms with Crippen LogP contribution in [0.15, 0.2) is 70.9 Å². The van der Waals surface area contributed by atoms with Crippen LogP contribution >= 0.6 is 0 Å². The van der Waals surface area contributed by atoms with Crippen LogP contribution in [0.25, 0.3) is 0 Å². The maximum absolute atomic E-state index is 11.6. The van der Waals surface area contributed by atoms with Crippen molar-refractivity contribution in [2.75, 3.05) is 0 Å². The van der Waals surface area contributed by atoms with Gasteiger partial charge in [0.2, 0.25) is 0 Å². The fraction of sp³-hybridized carbons (Fsp3) is 0.0667. The summed E-state index contributed by atoms with van der Waals surface area (Å²) in [5.74, 6) is 0. The molecule has 0 saturated heterocycles. The molecule has 0 spiro atoms. The summed E-state index contributed by atoms with van der Waals surface area (Å²) in [6.07, 6.45) is -3.29. The Balaban J connectivity index is 2.25. The number of nitrogens with zero attached hydrogens (tertiary/aromatic N) is 2. The molecule has 0 radical (unpaired) electrons. The maximum atomic E-state index is 11.6. The van der Waals surface area contributed by atoms with Crippen molar-refractivity contribution in [2.45, 2.75) is 6.10 Å². The fourth-order valence-corrected chi connectivity index (χ4v) is 1.79. The van der Waals surface area contributed by atoms with Crippen molar-refractivity contribution in [3.05, 3.63) is 71.8 Å². The zero-order valence-corrected chi connectivity index (χ0v) is 10.9. The van der Waals surface area contributed by atoms with Gasteiger partial charge in [-0.05, 0) is 11.1 Å². The number of rotatable bonds is 3. The van der Waals surface area contributed by atoms with E-state index in [2.05, 4.69) is 10.2 Å². The second-order valence-corrected chi connectivity index (χ2v) is 4.07. The minimum absolute atomic E-state index is 0.673. The van der Waals surface area contributed by atoms with E-state index in [9.17, 15) is 9.59 Å². The third-order valence-corrected chi connectivity index (χ3v) is 2.64. The van der Waals surface area contributed by atoms with Crippen molar-refractivity contribution >= 4 is 12.2 Å². The molecule has 0 aromatic heterocycles. The van der Waals surface area contributed by atoms with E-state index < -0.39 is 18.3 Å². The molecule has 2 amide bonds. The molecule has 1 N–H and O–H groups in total. The third-order valence-electron chi connectivity index (χ3n) is 2.64. The van der Waals surface area contributed by atoms with Crippen LogP contribution in [0.4, 0.5) is 9.59 Å². The molecule has 6 heteroatoms. The minimum Gasteiger partial charge on any atom is -0.462 e. The number of carbonyl (C=O) groups is 2. The van der Waals surface area contributed by atoms with E-state index in [1.54, 1.807) is 24.3 Å². The standard InChI is InChI=1S/C15H12N2O4/c18-14(19)16-17-15(20)21-13(11-7-3-1-4-8-11)12-9-5-2-6-10-12/h1-10,13H,(H,18,19). The predicted octanol–water partition coefficient (Wildman–Crippen LogP) is 4.04. The van der Waals surface area contributed by atoms with Gasteiger partial charge in [0, 0.05) is 0 Å². The lowest BCUT2D eigenvalue weighted by Crippen LogP contribution is -2.10. The van der Waals surface area contributed by atoms with Crippen molar-refractivity contribution < 1.29 is 19.4 Å². The summed E-state index contributed by atoms with van der Waals surface area (Å²) >= 11 is 0. The van der Waals surface area contributed by atoms with Crippen molar-refractivity contribution in [1.29, 1.82) is 0 Å². The number of azo groups is 1. The van der Waals surface area contributed by atoms with Gasteiger partial charge in [0.25, 0.3) is 0 Å². The van der Waals surface area contributed by atoms with Gasteiger partial charge in [0.15, 0.2) is 6.10 Å². The van der Waals surface area contributed by atoms with E-state index >= 15 is 0 Å². The van der Waals surface area contributed by atoms with Gasteiger partial charge in [-0.3, -0.25) is 0 Å². The summed E-state index contributed by atoms with van der Waals surface area (Å²) in [6.45, 7) is 0. The predicted molar refractivity (Wildman–Crippen MR) is 74.1 cm³/mol. The van der Waals surface area contributed by atoms with Crippen molar-refractivity contribution in [3.8, 4) is 0 Å². The van der Waals surface area contributed by atoms with Crippen LogP contribution in [0.2, 0.25) is 0 Å². The summed E-state index contributed by atoms with van der Waals surface area (Å²) in [4.78, 5) is 21.8. The Kier molecular flexibility index (Phi) is 4.76. The molecule has 2 aromatic rings. The van der Waals surface area contributed by atoms with E-state index in [4.69, 9.17) is 9.84 Å². The third kappa shape index (κ3) is 4.24. The van der Waals surface area contributed by atoms with Gasteiger partial charge in [-0.25, -0.2) is 9.59 Å². The Bertz CT molecular complexity index is 602. The van der Waals surface area contributed by atoms with Crippen LogP contribution in [0.5, 0.6) is 0 Å². The van der Waals surface area contributed by atoms with Gasteiger partial charge in [-0.2, -0.15) is 0 Å². The monoisotopic (exact) mass is 284 g/mol. The van der Waals surface area contributed by atoms with Gasteiger partial charge >= 0.3 is 12.2 Å². The molecule has 2 aromatic carbocycles. The molecule has 21 heavy (non-hydrogen) atoms. The number of carbonyl (C=O) groups excluding carboxylic acids is 1. The number of hydrogen-bond donors (Lipinski definition) is 1. The smallest absolute Gasteiger partial charge is 0.453 e. The van der Waals surface area contributed by atoms with Crippen molar-refractivity contribution in [1.82, 2.24) is 0 Å². The molecule has 0 heterocycles. The molecular formula is C15H12N2O4. The summed E-state index contributed by atoms with van der Waals surface area (Å²) in [5, 5.41) is 14.1. The van der Waals surface area contributed by atoms with Crippen LogP contribution in [0.1, 0.15) is 17.2 Å². The molecule has 0 fully saturated rings. The van der Waals surface area contributed by atoms with E-state index in [0.717, 1.165) is 11.1 Å². The molecule has 0 aliphatic rings. The zero-order chi connectivity index (χ0) is 15.1. The molecule has 0 saturated carbocycles. The van der Waals surface area contributed by atoms with Gasteiger partial charge in [-0.1, -0.05) is 70.9 Å². The molecular weight excluding hydrogens is 272 g/mol. The molecule has 2 rings (SSSR count). The van der Waals surface area contributed by atoms with Crippen LogP contribution < -0.4 is 0 Å². The van der Waals surface area contributed by atoms with Gasteiger partial charge in [0.05, 0.1) is 0 Å². The molecule has 0 aliphatic heterocycles. The highest BCUT2D eigenvalue weighted by Gasteiger charge is 2.18. The molecule has 0 atom stereocenters. The second-order valence-electron chi connectivity index (χ2n) is 4.07. The molecule has 106 valence electrons. The highest BCUT2D eigenvalue weighted by atomic mass is 16.6. The fourth-order valence-electron chi connectivity index (χ4n) is 1.79. The first-order chi connectivity index (χ1) is 10.2. The van der Waals surface area contributed by atoms with Crippen molar-refractivity contribution in [2.24, 2.45) is 10.2 Å². The van der Waals surface area contributed by atoms with Crippen LogP contribution in [0, 0.1) is 0 Å². The second kappa shape index (κ2) is 6.95. The Morgan fingerprint density at radius 1 is 0.857 bits per heavy atom. The lowest BCUT2D eigenvalue weighted by molar-refractivity contribution is 0.124. The summed E-state index contributed by atoms with van der Waals surface area (Å²) in [7, 11) is 0. The first-order valence-corrected chi connectivity index (χ1v) is 6.12. The van der Waals surface area contributed by atoms with Crippen LogP contribution in [-0.4, -0.2) is 17.3 Å². The average Bonchev–Trinajstić information content (AvgIpc) is 2.52. The first-order valence-electron chi connectivity index (χ1n) is 6.12. The zero-order valence-electron chi connectivity index (χ0n) is 10.9. The van der Waals surface area contributed by atoms with Crippen molar-refractivity contribution in [3.63, 3.8) is 0 Å². The first kappa shape index (κ1) is 14.4. The maximum Gasteiger partial charge on any atom is 0.453 e. The number of carboxylic acid groups (broad SMARTS) is 1. The molecule has 0 bridgehead atoms. The Morgan fingerprint density at radius 2 is 1.33 bits per heavy atom. The molecule has 0 aliphatic carbocycles. The lowest BCUT2D eigenvalue weighted by atomic mass is 10.0. The van der Waals surface area contributed by atoms with Gasteiger partial charge in [-0.15, -0.1) is 0 Å². The molecule has 6 nitrogen and oxygen atoms in total. The normalized spacial score (nSPS) is 10.7. The Hall–Kier alpha value is -3.02. The SMILES string of the molecule is O=C(O)N=NC(=O)OC(c1ccccc1)c1ccccc1. The van der Waals surface area contributed by atoms with E-state index in [-0.39, 0.29) is 0 Å². The minimum atomic E-state index is -1.55. The largest absolute Gasteiger partial charge is 0.462 e. The van der Waals surface area contributed by atoms with Gasteiger partial charge < -0.3 is 9.84 Å². The average molecular weight is 284 g/mol. The lowest BCUT2D eigenvalue weighted by Gasteiger charge is -2.17. The van der Waals surface area contributed by atoms with E-state index in [1.165, 1.54) is 0 Å². The Morgan fingerprint density at radius 3 is 1.76 bits per heavy atom. The molecule has 0 unspecified atom stereocenters. The highest BCUT2D eigenvalue weighted by molar-refractivity contribution is 5.72. The van der Waals surface area contributed by atoms with Crippen LogP contribution in [-0.2, 0) is 4.74 Å². The summed E-state index contributed by atoms with van der Waals surface area (Å²) < 4.78 is 5.21. The summed E-state index contributed by atoms with van der Waals surface area (Å²) in [5.41, 5.74) is 1.50. The van der Waals surface area contributed by atoms with E-state index in [1.807, 2.05) is 36.4 Å². The highest BCUT2D eigenvalue weighted by Crippen LogP contribution is 2.26. The van der Waals surface area contributed by atoms with E-state index in [0.29, 0.717) is 0 Å². The topological polar surface area (TPSA) is 88.3 Å². The number of ether oxygens (including phenoxy) is 1. The number of amides is 2. The van der Waals surface area contributed by atoms with Crippen LogP contribution in [0.3, 0.4) is 0 Å². The number of benzene rings is 2.